The van der Waals surface area contributed by atoms with E-state index in [9.17, 15) is 17.6 Å². The van der Waals surface area contributed by atoms with Gasteiger partial charge >= 0.3 is 6.18 Å². The Kier molecular flexibility index (Phi) is 2.86. The van der Waals surface area contributed by atoms with Gasteiger partial charge in [-0.05, 0) is 24.6 Å². The van der Waals surface area contributed by atoms with Gasteiger partial charge in [0.2, 0.25) is 0 Å². The van der Waals surface area contributed by atoms with Crippen molar-refractivity contribution in [2.75, 3.05) is 5.43 Å². The second-order valence-corrected chi connectivity index (χ2v) is 3.82. The number of rotatable bonds is 1. The topological polar surface area (TPSA) is 50.9 Å². The van der Waals surface area contributed by atoms with Crippen LogP contribution in [0, 0.1) is 12.7 Å². The Morgan fingerprint density at radius 3 is 2.44 bits per heavy atom. The van der Waals surface area contributed by atoms with E-state index in [1.54, 1.807) is 0 Å². The van der Waals surface area contributed by atoms with Crippen LogP contribution in [-0.4, -0.2) is 4.98 Å². The van der Waals surface area contributed by atoms with Crippen LogP contribution < -0.4 is 11.3 Å². The average molecular weight is 259 g/mol. The van der Waals surface area contributed by atoms with E-state index in [-0.39, 0.29) is 11.2 Å². The number of nitrogens with zero attached hydrogens (tertiary/aromatic N) is 1. The van der Waals surface area contributed by atoms with E-state index in [0.717, 1.165) is 12.1 Å². The third-order valence-electron chi connectivity index (χ3n) is 2.54. The molecule has 0 saturated heterocycles. The molecule has 2 rings (SSSR count). The molecule has 96 valence electrons. The minimum Gasteiger partial charge on any atom is -0.323 e. The molecule has 0 fully saturated rings. The molecule has 7 heteroatoms. The van der Waals surface area contributed by atoms with Gasteiger partial charge in [-0.2, -0.15) is 13.2 Å². The number of pyridine rings is 1. The molecule has 1 aromatic heterocycles. The lowest BCUT2D eigenvalue weighted by molar-refractivity contribution is -0.140. The zero-order valence-corrected chi connectivity index (χ0v) is 9.27. The van der Waals surface area contributed by atoms with Crippen molar-refractivity contribution in [2.24, 2.45) is 5.84 Å². The number of alkyl halides is 3. The third kappa shape index (κ3) is 2.08. The van der Waals surface area contributed by atoms with Crippen molar-refractivity contribution >= 4 is 16.6 Å². The number of halogens is 4. The van der Waals surface area contributed by atoms with Crippen LogP contribution in [0.15, 0.2) is 18.2 Å². The number of nitrogens with one attached hydrogen (secondary N) is 1. The van der Waals surface area contributed by atoms with Crippen LogP contribution in [0.3, 0.4) is 0 Å². The van der Waals surface area contributed by atoms with E-state index in [0.29, 0.717) is 10.9 Å². The van der Waals surface area contributed by atoms with Crippen LogP contribution in [0.1, 0.15) is 11.3 Å². The molecule has 18 heavy (non-hydrogen) atoms. The number of hydrogen-bond acceptors (Lipinski definition) is 3. The van der Waals surface area contributed by atoms with Gasteiger partial charge in [0.05, 0.1) is 11.2 Å². The Morgan fingerprint density at radius 1 is 1.22 bits per heavy atom. The Hall–Kier alpha value is -1.89. The van der Waals surface area contributed by atoms with Crippen LogP contribution in [0.25, 0.3) is 10.9 Å². The van der Waals surface area contributed by atoms with E-state index < -0.39 is 17.7 Å². The molecule has 0 atom stereocenters. The van der Waals surface area contributed by atoms with Crippen molar-refractivity contribution in [3.63, 3.8) is 0 Å². The largest absolute Gasteiger partial charge is 0.433 e. The van der Waals surface area contributed by atoms with Gasteiger partial charge in [-0.25, -0.2) is 9.37 Å². The van der Waals surface area contributed by atoms with Gasteiger partial charge in [-0.3, -0.25) is 5.84 Å². The summed E-state index contributed by atoms with van der Waals surface area (Å²) in [6.45, 7) is 1.51. The van der Waals surface area contributed by atoms with Crippen molar-refractivity contribution < 1.29 is 17.6 Å². The minimum absolute atomic E-state index is 0.0513. The van der Waals surface area contributed by atoms with Gasteiger partial charge in [0.25, 0.3) is 0 Å². The quantitative estimate of drug-likeness (QED) is 0.470. The number of benzene rings is 1. The normalized spacial score (nSPS) is 11.9. The summed E-state index contributed by atoms with van der Waals surface area (Å²) in [6, 6.07) is 3.15. The zero-order valence-electron chi connectivity index (χ0n) is 9.27. The second-order valence-electron chi connectivity index (χ2n) is 3.82. The summed E-state index contributed by atoms with van der Waals surface area (Å²) < 4.78 is 51.1. The maximum Gasteiger partial charge on any atom is 0.433 e. The Balaban J connectivity index is 2.80. The van der Waals surface area contributed by atoms with Crippen molar-refractivity contribution in [2.45, 2.75) is 13.1 Å². The van der Waals surface area contributed by atoms with E-state index in [4.69, 9.17) is 5.84 Å². The number of hydrazine groups is 1. The molecular formula is C11H9F4N3. The molecule has 0 aliphatic heterocycles. The molecule has 0 bridgehead atoms. The van der Waals surface area contributed by atoms with Crippen LogP contribution in [-0.2, 0) is 6.18 Å². The summed E-state index contributed by atoms with van der Waals surface area (Å²) >= 11 is 0. The molecule has 0 aliphatic rings. The third-order valence-corrected chi connectivity index (χ3v) is 2.54. The molecule has 2 aromatic rings. The molecular weight excluding hydrogens is 250 g/mol. The summed E-state index contributed by atoms with van der Waals surface area (Å²) in [7, 11) is 0. The molecule has 0 radical (unpaired) electrons. The van der Waals surface area contributed by atoms with Crippen LogP contribution in [0.5, 0.6) is 0 Å². The highest BCUT2D eigenvalue weighted by Crippen LogP contribution is 2.33. The molecule has 0 amide bonds. The van der Waals surface area contributed by atoms with E-state index in [1.165, 1.54) is 13.0 Å². The SMILES string of the molecule is Cc1cc2c(NN)cc(C(F)(F)F)nc2cc1F. The lowest BCUT2D eigenvalue weighted by atomic mass is 10.1. The molecule has 3 nitrogen and oxygen atoms in total. The fourth-order valence-corrected chi connectivity index (χ4v) is 1.62. The number of aryl methyl sites for hydroxylation is 1. The number of nitrogen functional groups attached to an aromatic ring is 1. The molecule has 3 N–H and O–H groups in total. The van der Waals surface area contributed by atoms with Crippen molar-refractivity contribution in [3.05, 3.63) is 35.3 Å². The minimum atomic E-state index is -4.61. The van der Waals surface area contributed by atoms with E-state index in [1.807, 2.05) is 0 Å². The highest BCUT2D eigenvalue weighted by molar-refractivity contribution is 5.92. The maximum absolute atomic E-state index is 13.3. The number of anilines is 1. The predicted octanol–water partition coefficient (Wildman–Crippen LogP) is 2.99. The molecule has 0 unspecified atom stereocenters. The maximum atomic E-state index is 13.3. The van der Waals surface area contributed by atoms with E-state index in [2.05, 4.69) is 10.4 Å². The summed E-state index contributed by atoms with van der Waals surface area (Å²) in [6.07, 6.45) is -4.61. The first-order valence-corrected chi connectivity index (χ1v) is 4.97. The zero-order chi connectivity index (χ0) is 13.5. The fourth-order valence-electron chi connectivity index (χ4n) is 1.62. The molecule has 1 heterocycles. The number of hydrogen-bond donors (Lipinski definition) is 2. The van der Waals surface area contributed by atoms with E-state index >= 15 is 0 Å². The van der Waals surface area contributed by atoms with Gasteiger partial charge in [-0.1, -0.05) is 0 Å². The fraction of sp³-hybridized carbons (Fsp3) is 0.182. The number of aromatic nitrogens is 1. The molecule has 1 aromatic carbocycles. The number of nitrogens with two attached hydrogens (primary N) is 1. The Morgan fingerprint density at radius 2 is 1.89 bits per heavy atom. The summed E-state index contributed by atoms with van der Waals surface area (Å²) in [5, 5.41) is 0.337. The molecule has 0 spiro atoms. The predicted molar refractivity (Wildman–Crippen MR) is 59.3 cm³/mol. The van der Waals surface area contributed by atoms with Crippen LogP contribution in [0.2, 0.25) is 0 Å². The lowest BCUT2D eigenvalue weighted by Crippen LogP contribution is -2.13. The summed E-state index contributed by atoms with van der Waals surface area (Å²) in [5.41, 5.74) is 1.31. The standard InChI is InChI=1S/C11H9F4N3/c1-5-2-6-8(3-7(5)12)17-10(11(13,14)15)4-9(6)18-16/h2-4H,16H2,1H3,(H,17,18). The first kappa shape index (κ1) is 12.6. The molecule has 0 saturated carbocycles. The van der Waals surface area contributed by atoms with Crippen molar-refractivity contribution in [1.82, 2.24) is 4.98 Å². The Labute approximate surface area is 99.6 Å². The first-order valence-electron chi connectivity index (χ1n) is 4.97. The van der Waals surface area contributed by atoms with Gasteiger partial charge in [-0.15, -0.1) is 0 Å². The monoisotopic (exact) mass is 259 g/mol. The average Bonchev–Trinajstić information content (AvgIpc) is 2.28. The van der Waals surface area contributed by atoms with Gasteiger partial charge in [0.15, 0.2) is 0 Å². The second kappa shape index (κ2) is 4.09. The Bertz CT molecular complexity index is 607. The van der Waals surface area contributed by atoms with Gasteiger partial charge in [0.1, 0.15) is 11.5 Å². The number of fused-ring (bicyclic) bond motifs is 1. The van der Waals surface area contributed by atoms with Crippen molar-refractivity contribution in [1.29, 1.82) is 0 Å². The van der Waals surface area contributed by atoms with Crippen LogP contribution in [0.4, 0.5) is 23.2 Å². The van der Waals surface area contributed by atoms with Gasteiger partial charge in [0, 0.05) is 11.5 Å². The summed E-state index contributed by atoms with van der Waals surface area (Å²) in [4.78, 5) is 3.40. The van der Waals surface area contributed by atoms with Gasteiger partial charge < -0.3 is 5.43 Å². The smallest absolute Gasteiger partial charge is 0.323 e. The first-order chi connectivity index (χ1) is 8.32. The van der Waals surface area contributed by atoms with Crippen molar-refractivity contribution in [3.8, 4) is 0 Å². The summed E-state index contributed by atoms with van der Waals surface area (Å²) in [5.74, 6) is 4.56. The van der Waals surface area contributed by atoms with Crippen LogP contribution >= 0.6 is 0 Å². The lowest BCUT2D eigenvalue weighted by Gasteiger charge is -2.12. The molecule has 0 aliphatic carbocycles. The highest BCUT2D eigenvalue weighted by Gasteiger charge is 2.33. The highest BCUT2D eigenvalue weighted by atomic mass is 19.4.